The Hall–Kier alpha value is -1.67. The molecule has 0 atom stereocenters. The number of aryl methyl sites for hydroxylation is 1. The van der Waals surface area contributed by atoms with Gasteiger partial charge >= 0.3 is 0 Å². The van der Waals surface area contributed by atoms with Crippen molar-refractivity contribution < 1.29 is 13.2 Å². The number of carbonyl (C=O) groups excluding carboxylic acids is 1. The van der Waals surface area contributed by atoms with Crippen LogP contribution in [0.3, 0.4) is 0 Å². The van der Waals surface area contributed by atoms with Crippen LogP contribution in [0.2, 0.25) is 10.0 Å². The number of carbonyl (C=O) groups is 1. The van der Waals surface area contributed by atoms with Crippen molar-refractivity contribution in [1.29, 1.82) is 0 Å². The first-order valence-corrected chi connectivity index (χ1v) is 10.2. The van der Waals surface area contributed by atoms with Crippen molar-refractivity contribution in [1.82, 2.24) is 14.2 Å². The molecule has 1 aromatic heterocycles. The number of halogens is 2. The van der Waals surface area contributed by atoms with E-state index in [1.807, 2.05) is 13.0 Å². The summed E-state index contributed by atoms with van der Waals surface area (Å²) in [7, 11) is -3.77. The fourth-order valence-electron chi connectivity index (χ4n) is 2.78. The zero-order valence-corrected chi connectivity index (χ0v) is 16.4. The molecule has 1 amide bonds. The number of piperazine rings is 1. The van der Waals surface area contributed by atoms with Gasteiger partial charge in [0, 0.05) is 31.9 Å². The monoisotopic (exact) mass is 413 g/mol. The molecule has 0 radical (unpaired) electrons. The average molecular weight is 414 g/mol. The van der Waals surface area contributed by atoms with E-state index in [1.165, 1.54) is 16.4 Å². The summed E-state index contributed by atoms with van der Waals surface area (Å²) in [5.74, 6) is -0.202. The maximum absolute atomic E-state index is 12.8. The molecule has 3 rings (SSSR count). The molecule has 2 heterocycles. The van der Waals surface area contributed by atoms with E-state index >= 15 is 0 Å². The van der Waals surface area contributed by atoms with Crippen LogP contribution < -0.4 is 0 Å². The Labute approximate surface area is 162 Å². The Kier molecular flexibility index (Phi) is 5.53. The van der Waals surface area contributed by atoms with Crippen LogP contribution in [0, 0.1) is 6.92 Å². The molecule has 0 bridgehead atoms. The van der Waals surface area contributed by atoms with Crippen molar-refractivity contribution in [2.24, 2.45) is 0 Å². The second-order valence-corrected chi connectivity index (χ2v) is 8.60. The zero-order valence-electron chi connectivity index (χ0n) is 14.0. The topological polar surface area (TPSA) is 70.6 Å². The number of sulfonamides is 1. The van der Waals surface area contributed by atoms with E-state index < -0.39 is 10.0 Å². The van der Waals surface area contributed by atoms with Crippen LogP contribution in [-0.2, 0) is 10.0 Å². The fourth-order valence-corrected chi connectivity index (χ4v) is 4.94. The van der Waals surface area contributed by atoms with Crippen molar-refractivity contribution >= 4 is 39.1 Å². The molecular formula is C17H17Cl2N3O3S. The van der Waals surface area contributed by atoms with E-state index in [0.717, 1.165) is 5.69 Å². The third kappa shape index (κ3) is 3.71. The smallest absolute Gasteiger partial charge is 0.272 e. The van der Waals surface area contributed by atoms with E-state index in [2.05, 4.69) is 4.98 Å². The molecule has 2 aromatic rings. The lowest BCUT2D eigenvalue weighted by Crippen LogP contribution is -2.50. The van der Waals surface area contributed by atoms with E-state index in [9.17, 15) is 13.2 Å². The van der Waals surface area contributed by atoms with E-state index in [0.29, 0.717) is 5.69 Å². The van der Waals surface area contributed by atoms with Gasteiger partial charge in [0.05, 0.1) is 10.0 Å². The van der Waals surface area contributed by atoms with Gasteiger partial charge in [-0.15, -0.1) is 0 Å². The Morgan fingerprint density at radius 2 is 1.69 bits per heavy atom. The summed E-state index contributed by atoms with van der Waals surface area (Å²) in [4.78, 5) is 18.3. The van der Waals surface area contributed by atoms with Gasteiger partial charge in [-0.05, 0) is 31.2 Å². The molecule has 0 spiro atoms. The molecule has 1 aliphatic rings. The Balaban J connectivity index is 1.74. The van der Waals surface area contributed by atoms with Crippen LogP contribution >= 0.6 is 23.2 Å². The van der Waals surface area contributed by atoms with Crippen molar-refractivity contribution in [3.05, 3.63) is 57.8 Å². The number of nitrogens with zero attached hydrogens (tertiary/aromatic N) is 3. The summed E-state index contributed by atoms with van der Waals surface area (Å²) in [6.45, 7) is 2.75. The molecule has 0 aliphatic carbocycles. The molecule has 0 N–H and O–H groups in total. The molecule has 1 aliphatic heterocycles. The molecule has 26 heavy (non-hydrogen) atoms. The highest BCUT2D eigenvalue weighted by Crippen LogP contribution is 2.31. The van der Waals surface area contributed by atoms with Gasteiger partial charge in [0.2, 0.25) is 10.0 Å². The number of pyridine rings is 1. The summed E-state index contributed by atoms with van der Waals surface area (Å²) in [5, 5.41) is 0.198. The van der Waals surface area contributed by atoms with Crippen molar-refractivity contribution in [3.8, 4) is 0 Å². The highest BCUT2D eigenvalue weighted by atomic mass is 35.5. The van der Waals surface area contributed by atoms with Crippen LogP contribution in [0.5, 0.6) is 0 Å². The second-order valence-electron chi connectivity index (χ2n) is 5.91. The first-order valence-electron chi connectivity index (χ1n) is 7.98. The lowest BCUT2D eigenvalue weighted by atomic mass is 10.2. The Bertz CT molecular complexity index is 942. The molecule has 1 saturated heterocycles. The summed E-state index contributed by atoms with van der Waals surface area (Å²) in [6, 6.07) is 9.76. The summed E-state index contributed by atoms with van der Waals surface area (Å²) >= 11 is 12.0. The van der Waals surface area contributed by atoms with E-state index in [1.54, 1.807) is 23.1 Å². The summed E-state index contributed by atoms with van der Waals surface area (Å²) < 4.78 is 27.0. The van der Waals surface area contributed by atoms with Gasteiger partial charge in [-0.3, -0.25) is 4.79 Å². The van der Waals surface area contributed by atoms with Gasteiger partial charge in [0.1, 0.15) is 10.6 Å². The number of aromatic nitrogens is 1. The van der Waals surface area contributed by atoms with Crippen LogP contribution in [0.1, 0.15) is 16.2 Å². The number of hydrogen-bond donors (Lipinski definition) is 0. The van der Waals surface area contributed by atoms with Gasteiger partial charge in [-0.2, -0.15) is 4.31 Å². The standard InChI is InChI=1S/C17H17Cl2N3O3S/c1-12-4-2-6-14(20-12)17(23)21-8-10-22(11-9-21)26(24,25)15-7-3-5-13(18)16(15)19/h2-7H,8-11H2,1H3. The maximum atomic E-state index is 12.8. The Morgan fingerprint density at radius 1 is 1.04 bits per heavy atom. The Morgan fingerprint density at radius 3 is 2.35 bits per heavy atom. The summed E-state index contributed by atoms with van der Waals surface area (Å²) in [6.07, 6.45) is 0. The van der Waals surface area contributed by atoms with Gasteiger partial charge < -0.3 is 4.90 Å². The normalized spacial score (nSPS) is 15.9. The molecular weight excluding hydrogens is 397 g/mol. The van der Waals surface area contributed by atoms with Crippen LogP contribution in [0.25, 0.3) is 0 Å². The van der Waals surface area contributed by atoms with Crippen LogP contribution in [0.4, 0.5) is 0 Å². The first-order chi connectivity index (χ1) is 12.3. The summed E-state index contributed by atoms with van der Waals surface area (Å²) in [5.41, 5.74) is 1.12. The van der Waals surface area contributed by atoms with Crippen LogP contribution in [0.15, 0.2) is 41.3 Å². The highest BCUT2D eigenvalue weighted by molar-refractivity contribution is 7.89. The number of benzene rings is 1. The minimum absolute atomic E-state index is 0.0108. The first kappa shape index (κ1) is 19.1. The fraction of sp³-hybridized carbons (Fsp3) is 0.294. The molecule has 6 nitrogen and oxygen atoms in total. The quantitative estimate of drug-likeness (QED) is 0.775. The minimum Gasteiger partial charge on any atom is -0.335 e. The minimum atomic E-state index is -3.77. The van der Waals surface area contributed by atoms with Crippen LogP contribution in [-0.4, -0.2) is 54.7 Å². The number of hydrogen-bond acceptors (Lipinski definition) is 4. The van der Waals surface area contributed by atoms with Crippen molar-refractivity contribution in [2.75, 3.05) is 26.2 Å². The predicted molar refractivity (Wildman–Crippen MR) is 100 cm³/mol. The van der Waals surface area contributed by atoms with Gasteiger partial charge in [-0.1, -0.05) is 35.3 Å². The van der Waals surface area contributed by atoms with Crippen molar-refractivity contribution in [2.45, 2.75) is 11.8 Å². The lowest BCUT2D eigenvalue weighted by Gasteiger charge is -2.34. The molecule has 1 fully saturated rings. The highest BCUT2D eigenvalue weighted by Gasteiger charge is 2.32. The maximum Gasteiger partial charge on any atom is 0.272 e. The molecule has 0 saturated carbocycles. The van der Waals surface area contributed by atoms with Gasteiger partial charge in [0.25, 0.3) is 5.91 Å². The lowest BCUT2D eigenvalue weighted by molar-refractivity contribution is 0.0691. The SMILES string of the molecule is Cc1cccc(C(=O)N2CCN(S(=O)(=O)c3cccc(Cl)c3Cl)CC2)n1. The largest absolute Gasteiger partial charge is 0.335 e. The average Bonchev–Trinajstić information content (AvgIpc) is 2.63. The van der Waals surface area contributed by atoms with Gasteiger partial charge in [0.15, 0.2) is 0 Å². The van der Waals surface area contributed by atoms with E-state index in [-0.39, 0.29) is 47.0 Å². The number of rotatable bonds is 3. The molecule has 9 heteroatoms. The molecule has 1 aromatic carbocycles. The second kappa shape index (κ2) is 7.52. The number of amides is 1. The zero-order chi connectivity index (χ0) is 18.9. The van der Waals surface area contributed by atoms with E-state index in [4.69, 9.17) is 23.2 Å². The molecule has 138 valence electrons. The van der Waals surface area contributed by atoms with Gasteiger partial charge in [-0.25, -0.2) is 13.4 Å². The van der Waals surface area contributed by atoms with Crippen molar-refractivity contribution in [3.63, 3.8) is 0 Å². The predicted octanol–water partition coefficient (Wildman–Crippen LogP) is 2.84. The molecule has 0 unspecified atom stereocenters. The third-order valence-corrected chi connectivity index (χ3v) is 7.04. The third-order valence-electron chi connectivity index (χ3n) is 4.17.